The van der Waals surface area contributed by atoms with Gasteiger partial charge in [0.2, 0.25) is 0 Å². The Balaban J connectivity index is 1.70. The number of benzene rings is 3. The van der Waals surface area contributed by atoms with Crippen LogP contribution in [0, 0.1) is 5.92 Å². The van der Waals surface area contributed by atoms with Crippen LogP contribution in [0.15, 0.2) is 66.7 Å². The maximum atomic E-state index is 13.3. The Hall–Kier alpha value is -3.83. The van der Waals surface area contributed by atoms with E-state index >= 15 is 0 Å². The molecule has 2 unspecified atom stereocenters. The van der Waals surface area contributed by atoms with Gasteiger partial charge in [-0.2, -0.15) is 0 Å². The summed E-state index contributed by atoms with van der Waals surface area (Å²) in [5.74, 6) is -1.40. The summed E-state index contributed by atoms with van der Waals surface area (Å²) in [7, 11) is 4.22. The number of hydrogen-bond donors (Lipinski definition) is 4. The fourth-order valence-electron chi connectivity index (χ4n) is 6.47. The summed E-state index contributed by atoms with van der Waals surface area (Å²) in [6, 6.07) is 19.3. The summed E-state index contributed by atoms with van der Waals surface area (Å²) < 4.78 is 29.0. The third kappa shape index (κ3) is 4.55. The summed E-state index contributed by atoms with van der Waals surface area (Å²) in [4.78, 5) is 13.3. The van der Waals surface area contributed by atoms with Crippen LogP contribution in [0.4, 0.5) is 0 Å². The maximum Gasteiger partial charge on any atom is 0.312 e. The number of methoxy groups -OCH3 is 3. The fourth-order valence-corrected chi connectivity index (χ4v) is 6.47. The van der Waals surface area contributed by atoms with Gasteiger partial charge in [-0.1, -0.05) is 42.5 Å². The van der Waals surface area contributed by atoms with Crippen molar-refractivity contribution in [1.82, 2.24) is 0 Å². The zero-order chi connectivity index (χ0) is 30.1. The van der Waals surface area contributed by atoms with Gasteiger partial charge in [0, 0.05) is 18.1 Å². The lowest BCUT2D eigenvalue weighted by atomic mass is 9.70. The summed E-state index contributed by atoms with van der Waals surface area (Å²) in [6.07, 6.45) is -1.64. The molecule has 0 aromatic heterocycles. The Kier molecular flexibility index (Phi) is 8.34. The number of ether oxygens (including phenoxy) is 5. The highest BCUT2D eigenvalue weighted by Crippen LogP contribution is 2.70. The molecule has 0 amide bonds. The second kappa shape index (κ2) is 11.8. The Morgan fingerprint density at radius 3 is 2.33 bits per heavy atom. The van der Waals surface area contributed by atoms with Crippen LogP contribution in [0.2, 0.25) is 0 Å². The minimum Gasteiger partial charge on any atom is -0.497 e. The molecule has 4 N–H and O–H groups in total. The van der Waals surface area contributed by atoms with Crippen molar-refractivity contribution in [3.05, 3.63) is 83.4 Å². The third-order valence-corrected chi connectivity index (χ3v) is 8.36. The summed E-state index contributed by atoms with van der Waals surface area (Å²) >= 11 is 0. The lowest BCUT2D eigenvalue weighted by molar-refractivity contribution is -0.161. The summed E-state index contributed by atoms with van der Waals surface area (Å²) in [6.45, 7) is -0.0867. The van der Waals surface area contributed by atoms with E-state index in [0.717, 1.165) is 0 Å². The monoisotopic (exact) mass is 580 g/mol. The zero-order valence-corrected chi connectivity index (χ0v) is 23.7. The molecule has 3 aromatic rings. The largest absolute Gasteiger partial charge is 0.497 e. The predicted octanol–water partition coefficient (Wildman–Crippen LogP) is 2.64. The zero-order valence-electron chi connectivity index (χ0n) is 23.7. The molecule has 1 fully saturated rings. The van der Waals surface area contributed by atoms with Crippen LogP contribution in [-0.2, 0) is 20.7 Å². The SMILES string of the molecule is COC(=O)[C@@H]1[C@@H](c2ccccc2)C2(c3ccc(OC)cc3)Oc3cc(OCCCC(O)CO)cc(OC)c3[C@]2(O)[C@@H]1O. The van der Waals surface area contributed by atoms with Gasteiger partial charge in [-0.3, -0.25) is 4.79 Å². The van der Waals surface area contributed by atoms with E-state index in [1.807, 2.05) is 30.3 Å². The molecule has 0 spiro atoms. The molecule has 1 saturated carbocycles. The van der Waals surface area contributed by atoms with Crippen LogP contribution in [0.5, 0.6) is 23.0 Å². The van der Waals surface area contributed by atoms with Gasteiger partial charge >= 0.3 is 5.97 Å². The number of aliphatic hydroxyl groups is 4. The average Bonchev–Trinajstić information content (AvgIpc) is 3.40. The van der Waals surface area contributed by atoms with E-state index in [4.69, 9.17) is 28.8 Å². The smallest absolute Gasteiger partial charge is 0.312 e. The van der Waals surface area contributed by atoms with Gasteiger partial charge in [0.1, 0.15) is 29.1 Å². The lowest BCUT2D eigenvalue weighted by Crippen LogP contribution is -2.52. The molecule has 0 radical (unpaired) electrons. The molecule has 0 saturated heterocycles. The molecular weight excluding hydrogens is 544 g/mol. The van der Waals surface area contributed by atoms with Crippen molar-refractivity contribution in [3.8, 4) is 23.0 Å². The van der Waals surface area contributed by atoms with Crippen molar-refractivity contribution < 1.29 is 48.9 Å². The molecule has 1 heterocycles. The van der Waals surface area contributed by atoms with Crippen molar-refractivity contribution in [3.63, 3.8) is 0 Å². The molecular formula is C32H36O10. The Morgan fingerprint density at radius 1 is 1.00 bits per heavy atom. The maximum absolute atomic E-state index is 13.3. The minimum absolute atomic E-state index is 0.184. The van der Waals surface area contributed by atoms with Crippen molar-refractivity contribution in [2.24, 2.45) is 5.92 Å². The first-order valence-electron chi connectivity index (χ1n) is 13.8. The van der Waals surface area contributed by atoms with E-state index in [1.165, 1.54) is 14.2 Å². The molecule has 5 rings (SSSR count). The van der Waals surface area contributed by atoms with Crippen molar-refractivity contribution in [1.29, 1.82) is 0 Å². The topological polar surface area (TPSA) is 144 Å². The standard InChI is InChI=1S/C32H36O10/c1-38-22-13-11-20(12-14-22)32-27(19-8-5-4-6-9-19)26(30(36)40-3)29(35)31(32,37)28-24(39-2)16-23(17-25(28)42-32)41-15-7-10-21(34)18-33/h4-6,8-9,11-14,16-17,21,26-27,29,33-35,37H,7,10,15,18H2,1-3H3/t21?,26-,27-,29-,31+,32?/m1/s1. The van der Waals surface area contributed by atoms with Crippen LogP contribution in [-0.4, -0.2) is 73.1 Å². The molecule has 42 heavy (non-hydrogen) atoms. The number of aliphatic hydroxyl groups excluding tert-OH is 3. The molecule has 10 nitrogen and oxygen atoms in total. The normalized spacial score (nSPS) is 26.5. The highest BCUT2D eigenvalue weighted by atomic mass is 16.6. The van der Waals surface area contributed by atoms with Gasteiger partial charge in [-0.25, -0.2) is 0 Å². The average molecular weight is 581 g/mol. The Bertz CT molecular complexity index is 1390. The van der Waals surface area contributed by atoms with E-state index in [2.05, 4.69) is 0 Å². The molecule has 1 aliphatic carbocycles. The second-order valence-electron chi connectivity index (χ2n) is 10.5. The predicted molar refractivity (Wildman–Crippen MR) is 151 cm³/mol. The number of esters is 1. The molecule has 6 atom stereocenters. The first-order valence-corrected chi connectivity index (χ1v) is 13.8. The molecule has 1 aliphatic heterocycles. The number of carbonyl (C=O) groups is 1. The van der Waals surface area contributed by atoms with Crippen LogP contribution < -0.4 is 18.9 Å². The van der Waals surface area contributed by atoms with Crippen LogP contribution >= 0.6 is 0 Å². The molecule has 2 aliphatic rings. The molecule has 0 bridgehead atoms. The highest BCUT2D eigenvalue weighted by Gasteiger charge is 2.78. The van der Waals surface area contributed by atoms with Crippen LogP contribution in [0.25, 0.3) is 0 Å². The first kappa shape index (κ1) is 29.7. The van der Waals surface area contributed by atoms with Gasteiger partial charge < -0.3 is 44.1 Å². The van der Waals surface area contributed by atoms with Gasteiger partial charge in [-0.05, 0) is 36.1 Å². The number of hydrogen-bond acceptors (Lipinski definition) is 10. The van der Waals surface area contributed by atoms with Crippen LogP contribution in [0.1, 0.15) is 35.4 Å². The molecule has 10 heteroatoms. The van der Waals surface area contributed by atoms with E-state index in [1.54, 1.807) is 43.5 Å². The van der Waals surface area contributed by atoms with Gasteiger partial charge in [0.15, 0.2) is 11.2 Å². The van der Waals surface area contributed by atoms with E-state index in [0.29, 0.717) is 35.5 Å². The summed E-state index contributed by atoms with van der Waals surface area (Å²) in [5.41, 5.74) is -2.51. The van der Waals surface area contributed by atoms with Crippen LogP contribution in [0.3, 0.4) is 0 Å². The van der Waals surface area contributed by atoms with Gasteiger partial charge in [0.05, 0.1) is 52.1 Å². The first-order chi connectivity index (χ1) is 20.3. The lowest BCUT2D eigenvalue weighted by Gasteiger charge is -2.40. The Morgan fingerprint density at radius 2 is 1.71 bits per heavy atom. The number of fused-ring (bicyclic) bond motifs is 3. The van der Waals surface area contributed by atoms with E-state index in [9.17, 15) is 20.1 Å². The van der Waals surface area contributed by atoms with E-state index in [-0.39, 0.29) is 30.3 Å². The van der Waals surface area contributed by atoms with Gasteiger partial charge in [-0.15, -0.1) is 0 Å². The van der Waals surface area contributed by atoms with Gasteiger partial charge in [0.25, 0.3) is 0 Å². The quantitative estimate of drug-likeness (QED) is 0.197. The second-order valence-corrected chi connectivity index (χ2v) is 10.5. The number of rotatable bonds is 11. The summed E-state index contributed by atoms with van der Waals surface area (Å²) in [5, 5.41) is 43.5. The minimum atomic E-state index is -2.16. The third-order valence-electron chi connectivity index (χ3n) is 8.36. The molecule has 3 aromatic carbocycles. The van der Waals surface area contributed by atoms with Crippen molar-refractivity contribution >= 4 is 5.97 Å². The number of carbonyl (C=O) groups excluding carboxylic acids is 1. The van der Waals surface area contributed by atoms with Crippen molar-refractivity contribution in [2.75, 3.05) is 34.5 Å². The highest BCUT2D eigenvalue weighted by molar-refractivity contribution is 5.78. The Labute approximate surface area is 244 Å². The van der Waals surface area contributed by atoms with Crippen molar-refractivity contribution in [2.45, 2.75) is 42.2 Å². The fraction of sp³-hybridized carbons (Fsp3) is 0.406. The van der Waals surface area contributed by atoms with E-state index < -0.39 is 41.2 Å². The molecule has 224 valence electrons.